The van der Waals surface area contributed by atoms with Crippen molar-refractivity contribution in [2.24, 2.45) is 0 Å². The molecular formula is C11H8F2N4O3. The molecule has 9 heteroatoms. The first kappa shape index (κ1) is 13.6. The van der Waals surface area contributed by atoms with Crippen LogP contribution in [-0.4, -0.2) is 21.0 Å². The highest BCUT2D eigenvalue weighted by atomic mass is 19.1. The molecule has 1 aromatic carbocycles. The molecule has 0 saturated heterocycles. The highest BCUT2D eigenvalue weighted by Crippen LogP contribution is 2.21. The van der Waals surface area contributed by atoms with E-state index < -0.39 is 33.7 Å². The number of aromatic amines is 1. The summed E-state index contributed by atoms with van der Waals surface area (Å²) in [5, 5.41) is 19.0. The van der Waals surface area contributed by atoms with E-state index in [4.69, 9.17) is 0 Å². The van der Waals surface area contributed by atoms with Gasteiger partial charge in [-0.05, 0) is 12.1 Å². The number of carbonyl (C=O) groups is 1. The van der Waals surface area contributed by atoms with Crippen LogP contribution in [0.2, 0.25) is 0 Å². The van der Waals surface area contributed by atoms with Crippen molar-refractivity contribution in [2.75, 3.05) is 0 Å². The van der Waals surface area contributed by atoms with Gasteiger partial charge in [0.05, 0.1) is 28.8 Å². The number of hydrogen-bond acceptors (Lipinski definition) is 4. The maximum Gasteiger partial charge on any atom is 0.307 e. The number of aromatic nitrogens is 2. The monoisotopic (exact) mass is 282 g/mol. The average Bonchev–Trinajstić information content (AvgIpc) is 2.91. The summed E-state index contributed by atoms with van der Waals surface area (Å²) in [5.41, 5.74) is -1.05. The number of halogens is 2. The minimum absolute atomic E-state index is 0.0386. The van der Waals surface area contributed by atoms with Crippen LogP contribution in [0.5, 0.6) is 0 Å². The molecule has 20 heavy (non-hydrogen) atoms. The van der Waals surface area contributed by atoms with Gasteiger partial charge in [-0.1, -0.05) is 0 Å². The molecule has 0 spiro atoms. The largest absolute Gasteiger partial charge is 0.346 e. The number of carbonyl (C=O) groups excluding carboxylic acids is 1. The Morgan fingerprint density at radius 1 is 1.40 bits per heavy atom. The second kappa shape index (κ2) is 5.43. The summed E-state index contributed by atoms with van der Waals surface area (Å²) < 4.78 is 26.9. The van der Waals surface area contributed by atoms with E-state index in [1.807, 2.05) is 0 Å². The normalized spacial score (nSPS) is 10.3. The lowest BCUT2D eigenvalue weighted by Gasteiger charge is -2.05. The van der Waals surface area contributed by atoms with E-state index in [2.05, 4.69) is 15.5 Å². The molecule has 7 nitrogen and oxygen atoms in total. The third-order valence-corrected chi connectivity index (χ3v) is 2.48. The molecule has 2 N–H and O–H groups in total. The molecule has 0 saturated carbocycles. The second-order valence-corrected chi connectivity index (χ2v) is 3.81. The molecule has 0 atom stereocenters. The van der Waals surface area contributed by atoms with Crippen LogP contribution in [0.4, 0.5) is 14.5 Å². The Morgan fingerprint density at radius 2 is 2.15 bits per heavy atom. The van der Waals surface area contributed by atoms with Crippen molar-refractivity contribution in [2.45, 2.75) is 6.54 Å². The zero-order valence-corrected chi connectivity index (χ0v) is 9.89. The molecule has 1 amide bonds. The standard InChI is InChI=1S/C11H8F2N4O3/c12-8-4-10(17(19)20)9(13)3-7(8)11(18)14-5-6-1-2-15-16-6/h1-4H,5H2,(H,14,18)(H,15,16). The van der Waals surface area contributed by atoms with Crippen LogP contribution in [-0.2, 0) is 6.54 Å². The van der Waals surface area contributed by atoms with Crippen molar-refractivity contribution in [3.8, 4) is 0 Å². The van der Waals surface area contributed by atoms with Gasteiger partial charge in [0.15, 0.2) is 0 Å². The van der Waals surface area contributed by atoms with Crippen molar-refractivity contribution in [1.82, 2.24) is 15.5 Å². The third-order valence-electron chi connectivity index (χ3n) is 2.48. The highest BCUT2D eigenvalue weighted by molar-refractivity contribution is 5.94. The zero-order valence-electron chi connectivity index (χ0n) is 9.89. The summed E-state index contributed by atoms with van der Waals surface area (Å²) >= 11 is 0. The smallest absolute Gasteiger partial charge is 0.307 e. The van der Waals surface area contributed by atoms with E-state index in [9.17, 15) is 23.7 Å². The van der Waals surface area contributed by atoms with E-state index in [1.54, 1.807) is 6.07 Å². The van der Waals surface area contributed by atoms with Gasteiger partial charge in [0.2, 0.25) is 5.82 Å². The van der Waals surface area contributed by atoms with E-state index in [0.717, 1.165) is 0 Å². The van der Waals surface area contributed by atoms with Crippen molar-refractivity contribution < 1.29 is 18.5 Å². The van der Waals surface area contributed by atoms with Crippen LogP contribution >= 0.6 is 0 Å². The van der Waals surface area contributed by atoms with E-state index in [-0.39, 0.29) is 6.54 Å². The summed E-state index contributed by atoms with van der Waals surface area (Å²) in [7, 11) is 0. The van der Waals surface area contributed by atoms with Gasteiger partial charge in [-0.15, -0.1) is 0 Å². The Morgan fingerprint density at radius 3 is 2.75 bits per heavy atom. The lowest BCUT2D eigenvalue weighted by atomic mass is 10.1. The average molecular weight is 282 g/mol. The Balaban J connectivity index is 2.17. The molecular weight excluding hydrogens is 274 g/mol. The predicted octanol–water partition coefficient (Wildman–Crippen LogP) is 1.53. The fourth-order valence-electron chi connectivity index (χ4n) is 1.50. The van der Waals surface area contributed by atoms with Crippen LogP contribution in [0.3, 0.4) is 0 Å². The van der Waals surface area contributed by atoms with Crippen LogP contribution in [0.15, 0.2) is 24.4 Å². The van der Waals surface area contributed by atoms with Crippen molar-refractivity contribution in [1.29, 1.82) is 0 Å². The molecule has 0 radical (unpaired) electrons. The van der Waals surface area contributed by atoms with Gasteiger partial charge in [0.25, 0.3) is 5.91 Å². The first-order valence-electron chi connectivity index (χ1n) is 5.39. The molecule has 0 unspecified atom stereocenters. The van der Waals surface area contributed by atoms with E-state index in [1.165, 1.54) is 6.20 Å². The van der Waals surface area contributed by atoms with Crippen LogP contribution in [0, 0.1) is 21.7 Å². The number of nitro benzene ring substituents is 1. The molecule has 0 aliphatic heterocycles. The van der Waals surface area contributed by atoms with E-state index in [0.29, 0.717) is 17.8 Å². The summed E-state index contributed by atoms with van der Waals surface area (Å²) in [6.07, 6.45) is 1.47. The second-order valence-electron chi connectivity index (χ2n) is 3.81. The zero-order chi connectivity index (χ0) is 14.7. The SMILES string of the molecule is O=C(NCc1ccn[nH]1)c1cc(F)c([N+](=O)[O-])cc1F. The Hall–Kier alpha value is -2.84. The Labute approximate surface area is 110 Å². The topological polar surface area (TPSA) is 101 Å². The van der Waals surface area contributed by atoms with Gasteiger partial charge in [-0.3, -0.25) is 20.0 Å². The summed E-state index contributed by atoms with van der Waals surface area (Å²) in [5.74, 6) is -3.32. The Bertz CT molecular complexity index is 658. The third kappa shape index (κ3) is 2.76. The summed E-state index contributed by atoms with van der Waals surface area (Å²) in [6.45, 7) is 0.0386. The number of amides is 1. The number of rotatable bonds is 4. The summed E-state index contributed by atoms with van der Waals surface area (Å²) in [6, 6.07) is 2.46. The van der Waals surface area contributed by atoms with Crippen LogP contribution < -0.4 is 5.32 Å². The lowest BCUT2D eigenvalue weighted by Crippen LogP contribution is -2.24. The van der Waals surface area contributed by atoms with Gasteiger partial charge in [-0.25, -0.2) is 4.39 Å². The minimum Gasteiger partial charge on any atom is -0.346 e. The maximum absolute atomic E-state index is 13.6. The number of hydrogen-bond donors (Lipinski definition) is 2. The van der Waals surface area contributed by atoms with E-state index >= 15 is 0 Å². The number of nitro groups is 1. The predicted molar refractivity (Wildman–Crippen MR) is 62.8 cm³/mol. The van der Waals surface area contributed by atoms with Gasteiger partial charge in [0.1, 0.15) is 5.82 Å². The molecule has 0 aliphatic rings. The van der Waals surface area contributed by atoms with Crippen molar-refractivity contribution in [3.05, 3.63) is 57.4 Å². The van der Waals surface area contributed by atoms with Gasteiger partial charge >= 0.3 is 5.69 Å². The highest BCUT2D eigenvalue weighted by Gasteiger charge is 2.21. The molecule has 2 rings (SSSR count). The summed E-state index contributed by atoms with van der Waals surface area (Å²) in [4.78, 5) is 21.0. The van der Waals surface area contributed by atoms with Gasteiger partial charge in [-0.2, -0.15) is 9.49 Å². The van der Waals surface area contributed by atoms with Crippen molar-refractivity contribution in [3.63, 3.8) is 0 Å². The number of H-pyrrole nitrogens is 1. The maximum atomic E-state index is 13.6. The molecule has 2 aromatic rings. The molecule has 0 bridgehead atoms. The number of benzene rings is 1. The molecule has 1 heterocycles. The van der Waals surface area contributed by atoms with Gasteiger partial charge < -0.3 is 5.32 Å². The quantitative estimate of drug-likeness (QED) is 0.655. The first-order valence-corrected chi connectivity index (χ1v) is 5.39. The number of nitrogens with zero attached hydrogens (tertiary/aromatic N) is 2. The minimum atomic E-state index is -1.27. The Kier molecular flexibility index (Phi) is 3.69. The molecule has 0 fully saturated rings. The number of nitrogens with one attached hydrogen (secondary N) is 2. The van der Waals surface area contributed by atoms with Crippen molar-refractivity contribution >= 4 is 11.6 Å². The molecule has 0 aliphatic carbocycles. The molecule has 1 aromatic heterocycles. The first-order chi connectivity index (χ1) is 9.49. The van der Waals surface area contributed by atoms with Gasteiger partial charge in [0, 0.05) is 6.20 Å². The lowest BCUT2D eigenvalue weighted by molar-refractivity contribution is -0.387. The fourth-order valence-corrected chi connectivity index (χ4v) is 1.50. The van der Waals surface area contributed by atoms with Crippen LogP contribution in [0.25, 0.3) is 0 Å². The molecule has 104 valence electrons. The fraction of sp³-hybridized carbons (Fsp3) is 0.0909. The van der Waals surface area contributed by atoms with Crippen LogP contribution in [0.1, 0.15) is 16.1 Å².